The van der Waals surface area contributed by atoms with Crippen LogP contribution in [0.1, 0.15) is 27.7 Å². The second kappa shape index (κ2) is 135. The molecular formula is C4H12W. The Hall–Kier alpha value is 0.688. The maximum Gasteiger partial charge on any atom is 0 e. The summed E-state index contributed by atoms with van der Waals surface area (Å²) in [7, 11) is 0. The minimum atomic E-state index is 0. The molecule has 5 heavy (non-hydrogen) atoms. The Balaban J connectivity index is -0.0000000133. The average Bonchev–Trinajstić information content (AvgIpc) is 1.50. The van der Waals surface area contributed by atoms with Gasteiger partial charge in [0, 0.05) is 21.1 Å². The van der Waals surface area contributed by atoms with Crippen LogP contribution in [0.25, 0.3) is 0 Å². The summed E-state index contributed by atoms with van der Waals surface area (Å²) in [5.74, 6) is 0. The molecular weight excluding hydrogens is 232 g/mol. The van der Waals surface area contributed by atoms with Crippen molar-refractivity contribution < 1.29 is 21.1 Å². The van der Waals surface area contributed by atoms with Crippen LogP contribution >= 0.6 is 0 Å². The van der Waals surface area contributed by atoms with Crippen molar-refractivity contribution in [3.05, 3.63) is 0 Å². The van der Waals surface area contributed by atoms with E-state index in [1.54, 1.807) is 0 Å². The first kappa shape index (κ1) is 17.3. The third kappa shape index (κ3) is 71.5. The molecule has 0 unspecified atom stereocenters. The number of hydrogen-bond donors (Lipinski definition) is 0. The predicted octanol–water partition coefficient (Wildman–Crippen LogP) is 2.05. The zero-order valence-corrected chi connectivity index (χ0v) is 7.34. The van der Waals surface area contributed by atoms with Gasteiger partial charge in [-0.2, -0.15) is 0 Å². The average molecular weight is 244 g/mol. The first-order chi connectivity index (χ1) is 2.00. The maximum atomic E-state index is 2.00. The van der Waals surface area contributed by atoms with Crippen LogP contribution in [0.5, 0.6) is 0 Å². The Bertz CT molecular complexity index is 3.61. The van der Waals surface area contributed by atoms with Gasteiger partial charge < -0.3 is 0 Å². The van der Waals surface area contributed by atoms with E-state index in [9.17, 15) is 0 Å². The van der Waals surface area contributed by atoms with Gasteiger partial charge in [-0.1, -0.05) is 27.7 Å². The fraction of sp³-hybridized carbons (Fsp3) is 1.00. The fourth-order valence-corrected chi connectivity index (χ4v) is 0. The summed E-state index contributed by atoms with van der Waals surface area (Å²) in [5.41, 5.74) is 0. The van der Waals surface area contributed by atoms with Crippen molar-refractivity contribution in [3.8, 4) is 0 Å². The molecule has 0 aromatic heterocycles. The molecule has 0 N–H and O–H groups in total. The zero-order chi connectivity index (χ0) is 4.00. The standard InChI is InChI=1S/2C2H6.W/c2*1-2;/h2*1-2H3;. The van der Waals surface area contributed by atoms with Crippen molar-refractivity contribution in [2.45, 2.75) is 27.7 Å². The molecule has 34 valence electrons. The van der Waals surface area contributed by atoms with Gasteiger partial charge in [-0.05, 0) is 0 Å². The van der Waals surface area contributed by atoms with Crippen molar-refractivity contribution in [1.29, 1.82) is 0 Å². The molecule has 0 amide bonds. The van der Waals surface area contributed by atoms with Crippen molar-refractivity contribution in [2.24, 2.45) is 0 Å². The van der Waals surface area contributed by atoms with Crippen molar-refractivity contribution in [1.82, 2.24) is 0 Å². The van der Waals surface area contributed by atoms with Crippen LogP contribution in [0.15, 0.2) is 0 Å². The Labute approximate surface area is 49.2 Å². The van der Waals surface area contributed by atoms with E-state index in [0.29, 0.717) is 0 Å². The summed E-state index contributed by atoms with van der Waals surface area (Å²) in [6, 6.07) is 0. The summed E-state index contributed by atoms with van der Waals surface area (Å²) in [6.45, 7) is 8.00. The molecule has 0 fully saturated rings. The topological polar surface area (TPSA) is 0 Å². The van der Waals surface area contributed by atoms with E-state index in [2.05, 4.69) is 0 Å². The SMILES string of the molecule is CC.CC.[W]. The quantitative estimate of drug-likeness (QED) is 0.611. The predicted molar refractivity (Wildman–Crippen MR) is 22.7 cm³/mol. The van der Waals surface area contributed by atoms with Crippen molar-refractivity contribution in [2.75, 3.05) is 0 Å². The van der Waals surface area contributed by atoms with Crippen molar-refractivity contribution in [3.63, 3.8) is 0 Å². The molecule has 0 radical (unpaired) electrons. The van der Waals surface area contributed by atoms with E-state index >= 15 is 0 Å². The van der Waals surface area contributed by atoms with Gasteiger partial charge in [0.1, 0.15) is 0 Å². The first-order valence-corrected chi connectivity index (χ1v) is 2.00. The molecule has 0 bridgehead atoms. The van der Waals surface area contributed by atoms with Gasteiger partial charge in [-0.3, -0.25) is 0 Å². The third-order valence-electron chi connectivity index (χ3n) is 0. The summed E-state index contributed by atoms with van der Waals surface area (Å²) >= 11 is 0. The number of hydrogen-bond acceptors (Lipinski definition) is 0. The minimum absolute atomic E-state index is 0. The van der Waals surface area contributed by atoms with E-state index in [0.717, 1.165) is 0 Å². The molecule has 1 heteroatoms. The van der Waals surface area contributed by atoms with Gasteiger partial charge in [0.05, 0.1) is 0 Å². The smallest absolute Gasteiger partial charge is 0 e. The van der Waals surface area contributed by atoms with E-state index in [1.807, 2.05) is 27.7 Å². The van der Waals surface area contributed by atoms with Crippen LogP contribution in [-0.2, 0) is 21.1 Å². The van der Waals surface area contributed by atoms with Crippen LogP contribution in [0.4, 0.5) is 0 Å². The summed E-state index contributed by atoms with van der Waals surface area (Å²) in [6.07, 6.45) is 0. The minimum Gasteiger partial charge on any atom is -0.0683 e. The Morgan fingerprint density at radius 3 is 0.600 bits per heavy atom. The Morgan fingerprint density at radius 2 is 0.600 bits per heavy atom. The van der Waals surface area contributed by atoms with Crippen molar-refractivity contribution >= 4 is 0 Å². The monoisotopic (exact) mass is 244 g/mol. The molecule has 0 spiro atoms. The summed E-state index contributed by atoms with van der Waals surface area (Å²) in [5, 5.41) is 0. The molecule has 0 saturated heterocycles. The fourth-order valence-electron chi connectivity index (χ4n) is 0. The first-order valence-electron chi connectivity index (χ1n) is 2.00. The molecule has 0 aromatic rings. The largest absolute Gasteiger partial charge is 0.0683 e. The normalized spacial score (nSPS) is 2.40. The molecule has 0 atom stereocenters. The van der Waals surface area contributed by atoms with Crippen LogP contribution in [-0.4, -0.2) is 0 Å². The molecule has 0 aliphatic heterocycles. The van der Waals surface area contributed by atoms with Crippen LogP contribution < -0.4 is 0 Å². The van der Waals surface area contributed by atoms with E-state index in [-0.39, 0.29) is 21.1 Å². The van der Waals surface area contributed by atoms with Crippen LogP contribution in [0, 0.1) is 0 Å². The summed E-state index contributed by atoms with van der Waals surface area (Å²) in [4.78, 5) is 0. The van der Waals surface area contributed by atoms with E-state index in [1.165, 1.54) is 0 Å². The van der Waals surface area contributed by atoms with Gasteiger partial charge in [-0.15, -0.1) is 0 Å². The second-order valence-electron chi connectivity index (χ2n) is 0. The van der Waals surface area contributed by atoms with Gasteiger partial charge in [0.15, 0.2) is 0 Å². The zero-order valence-electron chi connectivity index (χ0n) is 4.41. The summed E-state index contributed by atoms with van der Waals surface area (Å²) < 4.78 is 0. The third-order valence-corrected chi connectivity index (χ3v) is 0. The van der Waals surface area contributed by atoms with E-state index in [4.69, 9.17) is 0 Å². The molecule has 0 saturated carbocycles. The van der Waals surface area contributed by atoms with E-state index < -0.39 is 0 Å². The van der Waals surface area contributed by atoms with Gasteiger partial charge >= 0.3 is 0 Å². The number of rotatable bonds is 0. The Morgan fingerprint density at radius 1 is 0.600 bits per heavy atom. The molecule has 0 rings (SSSR count). The molecule has 0 aliphatic carbocycles. The van der Waals surface area contributed by atoms with Gasteiger partial charge in [0.25, 0.3) is 0 Å². The van der Waals surface area contributed by atoms with Crippen LogP contribution in [0.3, 0.4) is 0 Å². The van der Waals surface area contributed by atoms with Crippen LogP contribution in [0.2, 0.25) is 0 Å². The van der Waals surface area contributed by atoms with Gasteiger partial charge in [-0.25, -0.2) is 0 Å². The molecule has 0 heterocycles. The molecule has 0 nitrogen and oxygen atoms in total. The van der Waals surface area contributed by atoms with Gasteiger partial charge in [0.2, 0.25) is 0 Å². The Kier molecular flexibility index (Phi) is 466. The molecule has 0 aromatic carbocycles. The molecule has 0 aliphatic rings. The second-order valence-corrected chi connectivity index (χ2v) is 0. The maximum absolute atomic E-state index is 2.00.